The molecule has 10 heteroatoms. The van der Waals surface area contributed by atoms with E-state index in [2.05, 4.69) is 4.74 Å². The predicted octanol–water partition coefficient (Wildman–Crippen LogP) is 3.67. The van der Waals surface area contributed by atoms with E-state index >= 15 is 0 Å². The molecule has 1 heterocycles. The first-order valence-corrected chi connectivity index (χ1v) is 11.4. The van der Waals surface area contributed by atoms with Crippen molar-refractivity contribution in [1.29, 1.82) is 0 Å². The molecule has 1 saturated heterocycles. The molecule has 9 nitrogen and oxygen atoms in total. The number of ether oxygens (including phenoxy) is 2. The molecule has 0 aromatic heterocycles. The Balaban J connectivity index is 1.84. The van der Waals surface area contributed by atoms with Gasteiger partial charge in [0.2, 0.25) is 15.8 Å². The highest BCUT2D eigenvalue weighted by atomic mass is 32.2. The summed E-state index contributed by atoms with van der Waals surface area (Å²) in [5.74, 6) is -0.133. The molecule has 3 rings (SSSR count). The number of benzene rings is 2. The Bertz CT molecular complexity index is 1040. The number of hydrogen-bond donors (Lipinski definition) is 0. The molecule has 0 saturated carbocycles. The van der Waals surface area contributed by atoms with Gasteiger partial charge in [0.25, 0.3) is 0 Å². The van der Waals surface area contributed by atoms with Crippen LogP contribution in [0, 0.1) is 10.1 Å². The first-order chi connectivity index (χ1) is 14.8. The van der Waals surface area contributed by atoms with Gasteiger partial charge in [0.15, 0.2) is 0 Å². The third kappa shape index (κ3) is 5.59. The molecule has 2 aromatic rings. The molecule has 1 aliphatic rings. The van der Waals surface area contributed by atoms with E-state index in [0.717, 1.165) is 31.7 Å². The Morgan fingerprint density at radius 1 is 1.06 bits per heavy atom. The van der Waals surface area contributed by atoms with Crippen LogP contribution in [-0.4, -0.2) is 43.8 Å². The number of nitro benzene ring substituents is 1. The first kappa shape index (κ1) is 22.7. The van der Waals surface area contributed by atoms with Gasteiger partial charge in [0.1, 0.15) is 5.75 Å². The van der Waals surface area contributed by atoms with Gasteiger partial charge in [-0.3, -0.25) is 14.9 Å². The monoisotopic (exact) mass is 448 g/mol. The van der Waals surface area contributed by atoms with Crippen LogP contribution in [0.2, 0.25) is 0 Å². The second kappa shape index (κ2) is 9.88. The first-order valence-electron chi connectivity index (χ1n) is 9.93. The minimum Gasteiger partial charge on any atom is -0.469 e. The molecule has 0 amide bonds. The van der Waals surface area contributed by atoms with Crippen molar-refractivity contribution in [3.63, 3.8) is 0 Å². The lowest BCUT2D eigenvalue weighted by Gasteiger charge is -2.20. The Kier molecular flexibility index (Phi) is 7.24. The number of hydrogen-bond acceptors (Lipinski definition) is 7. The lowest BCUT2D eigenvalue weighted by atomic mass is 10.1. The molecule has 166 valence electrons. The molecular formula is C21H24N2O7S. The van der Waals surface area contributed by atoms with Crippen molar-refractivity contribution >= 4 is 21.7 Å². The summed E-state index contributed by atoms with van der Waals surface area (Å²) in [5, 5.41) is 11.6. The van der Waals surface area contributed by atoms with Gasteiger partial charge in [-0.1, -0.05) is 25.0 Å². The summed E-state index contributed by atoms with van der Waals surface area (Å²) in [6.07, 6.45) is 3.58. The molecule has 0 atom stereocenters. The summed E-state index contributed by atoms with van der Waals surface area (Å²) in [7, 11) is -2.52. The SMILES string of the molecule is COC(=O)Cc1ccc(Oc2ccc(S(=O)(=O)N3CCCCCC3)cc2[N+](=O)[O-])cc1. The summed E-state index contributed by atoms with van der Waals surface area (Å²) in [5.41, 5.74) is 0.266. The van der Waals surface area contributed by atoms with Crippen LogP contribution in [0.3, 0.4) is 0 Å². The number of esters is 1. The van der Waals surface area contributed by atoms with Crippen LogP contribution in [0.1, 0.15) is 31.2 Å². The normalized spacial score (nSPS) is 15.1. The number of methoxy groups -OCH3 is 1. The average Bonchev–Trinajstić information content (AvgIpc) is 3.05. The zero-order valence-corrected chi connectivity index (χ0v) is 18.0. The highest BCUT2D eigenvalue weighted by Crippen LogP contribution is 2.34. The molecule has 0 spiro atoms. The topological polar surface area (TPSA) is 116 Å². The third-order valence-electron chi connectivity index (χ3n) is 5.06. The van der Waals surface area contributed by atoms with Crippen LogP contribution in [0.4, 0.5) is 5.69 Å². The van der Waals surface area contributed by atoms with Gasteiger partial charge in [-0.05, 0) is 42.7 Å². The number of nitro groups is 1. The molecule has 0 bridgehead atoms. The number of nitrogens with zero attached hydrogens (tertiary/aromatic N) is 2. The van der Waals surface area contributed by atoms with Crippen molar-refractivity contribution in [3.05, 3.63) is 58.1 Å². The molecular weight excluding hydrogens is 424 g/mol. The van der Waals surface area contributed by atoms with Crippen LogP contribution < -0.4 is 4.74 Å². The summed E-state index contributed by atoms with van der Waals surface area (Å²) < 4.78 is 37.5. The molecule has 0 aliphatic carbocycles. The summed E-state index contributed by atoms with van der Waals surface area (Å²) in [6, 6.07) is 10.1. The molecule has 2 aromatic carbocycles. The van der Waals surface area contributed by atoms with Crippen LogP contribution in [0.15, 0.2) is 47.4 Å². The van der Waals surface area contributed by atoms with Crippen LogP contribution >= 0.6 is 0 Å². The Labute approximate surface area is 180 Å². The summed E-state index contributed by atoms with van der Waals surface area (Å²) in [6.45, 7) is 0.818. The molecule has 1 fully saturated rings. The fourth-order valence-corrected chi connectivity index (χ4v) is 4.90. The van der Waals surface area contributed by atoms with Crippen LogP contribution in [-0.2, 0) is 26.0 Å². The van der Waals surface area contributed by atoms with Crippen molar-refractivity contribution < 1.29 is 27.6 Å². The minimum absolute atomic E-state index is 0.0689. The van der Waals surface area contributed by atoms with Crippen molar-refractivity contribution in [2.45, 2.75) is 37.0 Å². The highest BCUT2D eigenvalue weighted by Gasteiger charge is 2.28. The van der Waals surface area contributed by atoms with Gasteiger partial charge in [0, 0.05) is 19.2 Å². The minimum atomic E-state index is -3.82. The maximum Gasteiger partial charge on any atom is 0.312 e. The van der Waals surface area contributed by atoms with Gasteiger partial charge < -0.3 is 9.47 Å². The third-order valence-corrected chi connectivity index (χ3v) is 6.95. The van der Waals surface area contributed by atoms with E-state index < -0.39 is 20.6 Å². The fraction of sp³-hybridized carbons (Fsp3) is 0.381. The Morgan fingerprint density at radius 3 is 2.29 bits per heavy atom. The maximum absolute atomic E-state index is 13.0. The van der Waals surface area contributed by atoms with Crippen LogP contribution in [0.5, 0.6) is 11.5 Å². The number of carbonyl (C=O) groups is 1. The van der Waals surface area contributed by atoms with E-state index in [0.29, 0.717) is 24.4 Å². The second-order valence-corrected chi connectivity index (χ2v) is 9.14. The Morgan fingerprint density at radius 2 is 1.71 bits per heavy atom. The molecule has 1 aliphatic heterocycles. The molecule has 0 N–H and O–H groups in total. The molecule has 0 unspecified atom stereocenters. The number of rotatable bonds is 7. The van der Waals surface area contributed by atoms with Gasteiger partial charge in [-0.25, -0.2) is 8.42 Å². The maximum atomic E-state index is 13.0. The summed E-state index contributed by atoms with van der Waals surface area (Å²) >= 11 is 0. The molecule has 31 heavy (non-hydrogen) atoms. The Hall–Kier alpha value is -2.98. The van der Waals surface area contributed by atoms with Crippen molar-refractivity contribution in [1.82, 2.24) is 4.31 Å². The van der Waals surface area contributed by atoms with Crippen LogP contribution in [0.25, 0.3) is 0 Å². The zero-order chi connectivity index (χ0) is 22.4. The standard InChI is InChI=1S/C21H24N2O7S/c1-29-21(24)14-16-6-8-17(9-7-16)30-20-11-10-18(15-19(20)23(25)26)31(27,28)22-12-4-2-3-5-13-22/h6-11,15H,2-5,12-14H2,1H3. The molecule has 0 radical (unpaired) electrons. The lowest BCUT2D eigenvalue weighted by Crippen LogP contribution is -2.31. The van der Waals surface area contributed by atoms with E-state index in [9.17, 15) is 23.3 Å². The number of sulfonamides is 1. The van der Waals surface area contributed by atoms with E-state index in [4.69, 9.17) is 4.74 Å². The van der Waals surface area contributed by atoms with Gasteiger partial charge in [-0.2, -0.15) is 4.31 Å². The van der Waals surface area contributed by atoms with Crippen molar-refractivity contribution in [2.24, 2.45) is 0 Å². The predicted molar refractivity (Wildman–Crippen MR) is 113 cm³/mol. The lowest BCUT2D eigenvalue weighted by molar-refractivity contribution is -0.385. The highest BCUT2D eigenvalue weighted by molar-refractivity contribution is 7.89. The zero-order valence-electron chi connectivity index (χ0n) is 17.2. The van der Waals surface area contributed by atoms with Gasteiger partial charge in [-0.15, -0.1) is 0 Å². The largest absolute Gasteiger partial charge is 0.469 e. The van der Waals surface area contributed by atoms with Gasteiger partial charge in [0.05, 0.1) is 23.3 Å². The van der Waals surface area contributed by atoms with E-state index in [-0.39, 0.29) is 23.0 Å². The number of carbonyl (C=O) groups excluding carboxylic acids is 1. The van der Waals surface area contributed by atoms with Crippen molar-refractivity contribution in [2.75, 3.05) is 20.2 Å². The fourth-order valence-electron chi connectivity index (χ4n) is 3.36. The smallest absolute Gasteiger partial charge is 0.312 e. The van der Waals surface area contributed by atoms with E-state index in [1.807, 2.05) is 0 Å². The second-order valence-electron chi connectivity index (χ2n) is 7.20. The van der Waals surface area contributed by atoms with Crippen molar-refractivity contribution in [3.8, 4) is 11.5 Å². The van der Waals surface area contributed by atoms with Gasteiger partial charge >= 0.3 is 11.7 Å². The summed E-state index contributed by atoms with van der Waals surface area (Å²) in [4.78, 5) is 22.2. The van der Waals surface area contributed by atoms with E-state index in [1.54, 1.807) is 24.3 Å². The average molecular weight is 448 g/mol. The van der Waals surface area contributed by atoms with E-state index in [1.165, 1.54) is 23.5 Å². The quantitative estimate of drug-likeness (QED) is 0.360.